The lowest BCUT2D eigenvalue weighted by Crippen LogP contribution is -1.94. The van der Waals surface area contributed by atoms with Crippen LogP contribution in [-0.4, -0.2) is 7.11 Å². The third-order valence-electron chi connectivity index (χ3n) is 1.65. The van der Waals surface area contributed by atoms with Gasteiger partial charge in [0.05, 0.1) is 19.6 Å². The zero-order valence-electron chi connectivity index (χ0n) is 7.49. The number of methoxy groups -OCH3 is 1. The predicted molar refractivity (Wildman–Crippen MR) is 47.7 cm³/mol. The van der Waals surface area contributed by atoms with Gasteiger partial charge in [0.1, 0.15) is 5.76 Å². The number of rotatable bonds is 4. The molecule has 0 aliphatic carbocycles. The maximum atomic E-state index is 5.21. The first kappa shape index (κ1) is 8.91. The molecule has 1 aromatic rings. The second-order valence-corrected chi connectivity index (χ2v) is 2.83. The lowest BCUT2D eigenvalue weighted by molar-refractivity contribution is 0.333. The molecular formula is C10H14O2. The van der Waals surface area contributed by atoms with E-state index in [1.54, 1.807) is 19.6 Å². The second-order valence-electron chi connectivity index (χ2n) is 2.83. The average molecular weight is 166 g/mol. The molecule has 1 unspecified atom stereocenters. The Kier molecular flexibility index (Phi) is 3.45. The standard InChI is InChI=1S/C10H14O2/c1-9(5-7-11-2)8-10-4-3-6-12-10/h3-7,9H,8H2,1-2H3. The molecule has 0 radical (unpaired) electrons. The van der Waals surface area contributed by atoms with Crippen molar-refractivity contribution in [3.8, 4) is 0 Å². The van der Waals surface area contributed by atoms with Gasteiger partial charge in [0, 0.05) is 6.42 Å². The summed E-state index contributed by atoms with van der Waals surface area (Å²) in [6, 6.07) is 3.89. The van der Waals surface area contributed by atoms with Crippen LogP contribution in [-0.2, 0) is 11.2 Å². The number of allylic oxidation sites excluding steroid dienone is 1. The van der Waals surface area contributed by atoms with E-state index in [0.717, 1.165) is 12.2 Å². The van der Waals surface area contributed by atoms with Crippen molar-refractivity contribution >= 4 is 0 Å². The monoisotopic (exact) mass is 166 g/mol. The van der Waals surface area contributed by atoms with Gasteiger partial charge in [0.25, 0.3) is 0 Å². The summed E-state index contributed by atoms with van der Waals surface area (Å²) in [6.07, 6.45) is 6.34. The molecule has 2 nitrogen and oxygen atoms in total. The maximum absolute atomic E-state index is 5.21. The van der Waals surface area contributed by atoms with Crippen molar-refractivity contribution in [1.29, 1.82) is 0 Å². The fourth-order valence-electron chi connectivity index (χ4n) is 1.03. The van der Waals surface area contributed by atoms with Crippen molar-refractivity contribution in [1.82, 2.24) is 0 Å². The Bertz CT molecular complexity index is 224. The highest BCUT2D eigenvalue weighted by atomic mass is 16.5. The molecule has 1 rings (SSSR count). The Morgan fingerprint density at radius 3 is 3.08 bits per heavy atom. The Morgan fingerprint density at radius 2 is 2.50 bits per heavy atom. The van der Waals surface area contributed by atoms with Gasteiger partial charge in [-0.05, 0) is 24.1 Å². The van der Waals surface area contributed by atoms with E-state index in [9.17, 15) is 0 Å². The minimum absolute atomic E-state index is 0.455. The fourth-order valence-corrected chi connectivity index (χ4v) is 1.03. The van der Waals surface area contributed by atoms with Crippen LogP contribution in [0.25, 0.3) is 0 Å². The highest BCUT2D eigenvalue weighted by Gasteiger charge is 2.01. The van der Waals surface area contributed by atoms with Gasteiger partial charge < -0.3 is 9.15 Å². The van der Waals surface area contributed by atoms with Gasteiger partial charge in [-0.1, -0.05) is 6.92 Å². The van der Waals surface area contributed by atoms with E-state index in [-0.39, 0.29) is 0 Å². The Balaban J connectivity index is 2.36. The normalized spacial score (nSPS) is 13.5. The van der Waals surface area contributed by atoms with Crippen molar-refractivity contribution < 1.29 is 9.15 Å². The highest BCUT2D eigenvalue weighted by molar-refractivity contribution is 5.01. The number of furan rings is 1. The molecule has 1 atom stereocenters. The number of hydrogen-bond acceptors (Lipinski definition) is 2. The number of ether oxygens (including phenoxy) is 1. The zero-order valence-corrected chi connectivity index (χ0v) is 7.49. The summed E-state index contributed by atoms with van der Waals surface area (Å²) < 4.78 is 10.0. The molecule has 2 heteroatoms. The van der Waals surface area contributed by atoms with Crippen LogP contribution >= 0.6 is 0 Å². The van der Waals surface area contributed by atoms with Crippen LogP contribution in [0.1, 0.15) is 12.7 Å². The molecule has 0 aliphatic rings. The average Bonchev–Trinajstić information content (AvgIpc) is 2.53. The van der Waals surface area contributed by atoms with Gasteiger partial charge in [-0.3, -0.25) is 0 Å². The number of hydrogen-bond donors (Lipinski definition) is 0. The zero-order chi connectivity index (χ0) is 8.81. The summed E-state index contributed by atoms with van der Waals surface area (Å²) in [5, 5.41) is 0. The largest absolute Gasteiger partial charge is 0.505 e. The molecule has 0 amide bonds. The van der Waals surface area contributed by atoms with E-state index in [0.29, 0.717) is 5.92 Å². The van der Waals surface area contributed by atoms with Gasteiger partial charge in [-0.15, -0.1) is 0 Å². The lowest BCUT2D eigenvalue weighted by atomic mass is 10.1. The van der Waals surface area contributed by atoms with Crippen LogP contribution < -0.4 is 0 Å². The van der Waals surface area contributed by atoms with E-state index in [1.165, 1.54) is 0 Å². The summed E-state index contributed by atoms with van der Waals surface area (Å²) >= 11 is 0. The summed E-state index contributed by atoms with van der Waals surface area (Å²) in [4.78, 5) is 0. The second kappa shape index (κ2) is 4.65. The third-order valence-corrected chi connectivity index (χ3v) is 1.65. The van der Waals surface area contributed by atoms with Gasteiger partial charge in [0.15, 0.2) is 0 Å². The molecule has 0 spiro atoms. The molecule has 0 aliphatic heterocycles. The molecule has 66 valence electrons. The molecule has 0 saturated carbocycles. The molecular weight excluding hydrogens is 152 g/mol. The Hall–Kier alpha value is -1.18. The van der Waals surface area contributed by atoms with Crippen molar-refractivity contribution in [3.63, 3.8) is 0 Å². The summed E-state index contributed by atoms with van der Waals surface area (Å²) in [7, 11) is 1.65. The van der Waals surface area contributed by atoms with E-state index in [1.807, 2.05) is 18.2 Å². The van der Waals surface area contributed by atoms with Crippen LogP contribution in [0.5, 0.6) is 0 Å². The molecule has 1 heterocycles. The summed E-state index contributed by atoms with van der Waals surface area (Å²) in [5.74, 6) is 1.47. The minimum atomic E-state index is 0.455. The lowest BCUT2D eigenvalue weighted by Gasteiger charge is -2.01. The maximum Gasteiger partial charge on any atom is 0.104 e. The van der Waals surface area contributed by atoms with Crippen molar-refractivity contribution in [2.75, 3.05) is 7.11 Å². The van der Waals surface area contributed by atoms with E-state index in [4.69, 9.17) is 9.15 Å². The SMILES string of the molecule is COC=CC(C)Cc1ccco1. The van der Waals surface area contributed by atoms with Gasteiger partial charge in [0.2, 0.25) is 0 Å². The summed E-state index contributed by atoms with van der Waals surface area (Å²) in [5.41, 5.74) is 0. The van der Waals surface area contributed by atoms with Crippen LogP contribution in [0.3, 0.4) is 0 Å². The molecule has 0 aromatic carbocycles. The van der Waals surface area contributed by atoms with Crippen molar-refractivity contribution in [2.45, 2.75) is 13.3 Å². The van der Waals surface area contributed by atoms with E-state index < -0.39 is 0 Å². The van der Waals surface area contributed by atoms with Crippen LogP contribution in [0.2, 0.25) is 0 Å². The van der Waals surface area contributed by atoms with Crippen molar-refractivity contribution in [3.05, 3.63) is 36.5 Å². The molecule has 0 saturated heterocycles. The minimum Gasteiger partial charge on any atom is -0.505 e. The van der Waals surface area contributed by atoms with E-state index in [2.05, 4.69) is 6.92 Å². The predicted octanol–water partition coefficient (Wildman–Crippen LogP) is 2.62. The molecule has 12 heavy (non-hydrogen) atoms. The topological polar surface area (TPSA) is 22.4 Å². The first-order chi connectivity index (χ1) is 5.83. The smallest absolute Gasteiger partial charge is 0.104 e. The van der Waals surface area contributed by atoms with Crippen molar-refractivity contribution in [2.24, 2.45) is 5.92 Å². The first-order valence-electron chi connectivity index (χ1n) is 4.04. The summed E-state index contributed by atoms with van der Waals surface area (Å²) in [6.45, 7) is 2.12. The Morgan fingerprint density at radius 1 is 1.67 bits per heavy atom. The van der Waals surface area contributed by atoms with Crippen LogP contribution in [0.15, 0.2) is 35.2 Å². The quantitative estimate of drug-likeness (QED) is 0.641. The third kappa shape index (κ3) is 2.82. The molecule has 0 fully saturated rings. The first-order valence-corrected chi connectivity index (χ1v) is 4.04. The molecule has 0 bridgehead atoms. The molecule has 0 N–H and O–H groups in total. The van der Waals surface area contributed by atoms with Gasteiger partial charge in [-0.25, -0.2) is 0 Å². The van der Waals surface area contributed by atoms with Crippen LogP contribution in [0, 0.1) is 5.92 Å². The fraction of sp³-hybridized carbons (Fsp3) is 0.400. The van der Waals surface area contributed by atoms with Crippen LogP contribution in [0.4, 0.5) is 0 Å². The molecule has 1 aromatic heterocycles. The Labute approximate surface area is 72.8 Å². The van der Waals surface area contributed by atoms with E-state index >= 15 is 0 Å². The van der Waals surface area contributed by atoms with Gasteiger partial charge >= 0.3 is 0 Å². The van der Waals surface area contributed by atoms with Gasteiger partial charge in [-0.2, -0.15) is 0 Å². The highest BCUT2D eigenvalue weighted by Crippen LogP contribution is 2.09.